The molecule has 0 aromatic heterocycles. The van der Waals surface area contributed by atoms with Gasteiger partial charge in [-0.3, -0.25) is 0 Å². The van der Waals surface area contributed by atoms with Crippen LogP contribution in [0.25, 0.3) is 0 Å². The summed E-state index contributed by atoms with van der Waals surface area (Å²) in [7, 11) is -1.20. The molecule has 0 spiro atoms. The zero-order chi connectivity index (χ0) is 8.20. The van der Waals surface area contributed by atoms with Gasteiger partial charge < -0.3 is 0 Å². The minimum atomic E-state index is -1.20. The Morgan fingerprint density at radius 3 is 2.10 bits per heavy atom. The van der Waals surface area contributed by atoms with Gasteiger partial charge in [0.1, 0.15) is 8.24 Å². The molecule has 0 aliphatic carbocycles. The van der Waals surface area contributed by atoms with Crippen LogP contribution in [0.2, 0.25) is 19.6 Å². The Morgan fingerprint density at radius 1 is 1.30 bits per heavy atom. The highest BCUT2D eigenvalue weighted by Gasteiger charge is 2.20. The number of unbranched alkanes of at least 4 members (excludes halogenated alkanes) is 1. The van der Waals surface area contributed by atoms with Crippen LogP contribution in [0.3, 0.4) is 0 Å². The monoisotopic (exact) mass is 179 g/mol. The van der Waals surface area contributed by atoms with E-state index in [0.717, 1.165) is 6.54 Å². The van der Waals surface area contributed by atoms with Gasteiger partial charge in [0.05, 0.1) is 0 Å². The highest BCUT2D eigenvalue weighted by molar-refractivity contribution is 6.77. The molecule has 0 aliphatic rings. The fraction of sp³-hybridized carbons (Fsp3) is 1.00. The smallest absolute Gasteiger partial charge is 0.137 e. The van der Waals surface area contributed by atoms with E-state index < -0.39 is 8.24 Å². The lowest BCUT2D eigenvalue weighted by molar-refractivity contribution is 0.606. The van der Waals surface area contributed by atoms with Crippen LogP contribution >= 0.6 is 11.8 Å². The van der Waals surface area contributed by atoms with Gasteiger partial charge in [0.25, 0.3) is 0 Å². The van der Waals surface area contributed by atoms with E-state index in [-0.39, 0.29) is 0 Å². The van der Waals surface area contributed by atoms with Crippen LogP contribution in [-0.2, 0) is 0 Å². The Kier molecular flexibility index (Phi) is 4.57. The van der Waals surface area contributed by atoms with E-state index in [1.165, 1.54) is 12.8 Å². The number of hydrogen-bond donors (Lipinski definition) is 0. The SMILES string of the molecule is CCCCN(Cl)[Si](C)(C)C. The van der Waals surface area contributed by atoms with E-state index in [9.17, 15) is 0 Å². The first-order valence-corrected chi connectivity index (χ1v) is 7.70. The maximum atomic E-state index is 6.03. The third-order valence-electron chi connectivity index (χ3n) is 1.44. The molecule has 0 unspecified atom stereocenters. The molecule has 0 radical (unpaired) electrons. The molecule has 0 amide bonds. The summed E-state index contributed by atoms with van der Waals surface area (Å²) >= 11 is 6.03. The predicted molar refractivity (Wildman–Crippen MR) is 50.8 cm³/mol. The molecule has 3 heteroatoms. The maximum absolute atomic E-state index is 6.03. The average molecular weight is 180 g/mol. The molecule has 0 aliphatic heterocycles. The number of rotatable bonds is 4. The van der Waals surface area contributed by atoms with Crippen molar-refractivity contribution in [2.75, 3.05) is 6.54 Å². The molecule has 62 valence electrons. The molecule has 10 heavy (non-hydrogen) atoms. The number of hydrogen-bond acceptors (Lipinski definition) is 1. The molecule has 0 saturated carbocycles. The topological polar surface area (TPSA) is 3.24 Å². The second kappa shape index (κ2) is 4.37. The Balaban J connectivity index is 3.52. The molecule has 1 nitrogen and oxygen atoms in total. The van der Waals surface area contributed by atoms with Crippen LogP contribution in [0.15, 0.2) is 0 Å². The van der Waals surface area contributed by atoms with Crippen molar-refractivity contribution in [3.05, 3.63) is 0 Å². The summed E-state index contributed by atoms with van der Waals surface area (Å²) in [5, 5.41) is 0. The van der Waals surface area contributed by atoms with Gasteiger partial charge in [0.2, 0.25) is 0 Å². The lowest BCUT2D eigenvalue weighted by atomic mass is 10.3. The highest BCUT2D eigenvalue weighted by atomic mass is 35.5. The molecule has 0 aromatic carbocycles. The van der Waals surface area contributed by atoms with Gasteiger partial charge in [-0.1, -0.05) is 33.0 Å². The van der Waals surface area contributed by atoms with Crippen molar-refractivity contribution < 1.29 is 0 Å². The van der Waals surface area contributed by atoms with Crippen molar-refractivity contribution in [2.45, 2.75) is 39.4 Å². The molecule has 0 aromatic rings. The minimum Gasteiger partial charge on any atom is -0.243 e. The van der Waals surface area contributed by atoms with Gasteiger partial charge in [-0.25, -0.2) is 4.08 Å². The molecule has 0 saturated heterocycles. The standard InChI is InChI=1S/C7H18ClNSi/c1-5-6-7-9(8)10(2,3)4/h5-7H2,1-4H3. The number of nitrogens with zero attached hydrogens (tertiary/aromatic N) is 1. The highest BCUT2D eigenvalue weighted by Crippen LogP contribution is 2.12. The first-order chi connectivity index (χ1) is 4.48. The molecule has 0 rings (SSSR count). The average Bonchev–Trinajstić information content (AvgIpc) is 1.80. The lowest BCUT2D eigenvalue weighted by Gasteiger charge is -2.26. The first-order valence-electron chi connectivity index (χ1n) is 3.92. The van der Waals surface area contributed by atoms with Crippen LogP contribution in [0, 0.1) is 0 Å². The van der Waals surface area contributed by atoms with Crippen molar-refractivity contribution in [2.24, 2.45) is 0 Å². The fourth-order valence-electron chi connectivity index (χ4n) is 0.632. The van der Waals surface area contributed by atoms with E-state index in [1.807, 2.05) is 4.08 Å². The second-order valence-electron chi connectivity index (χ2n) is 3.61. The second-order valence-corrected chi connectivity index (χ2v) is 9.18. The summed E-state index contributed by atoms with van der Waals surface area (Å²) in [5.74, 6) is 0. The summed E-state index contributed by atoms with van der Waals surface area (Å²) in [6, 6.07) is 0. The van der Waals surface area contributed by atoms with Crippen LogP contribution < -0.4 is 0 Å². The molecule has 0 N–H and O–H groups in total. The van der Waals surface area contributed by atoms with Crippen molar-refractivity contribution in [3.8, 4) is 0 Å². The third-order valence-corrected chi connectivity index (χ3v) is 4.81. The Labute approximate surface area is 70.6 Å². The van der Waals surface area contributed by atoms with Crippen LogP contribution in [0.4, 0.5) is 0 Å². The van der Waals surface area contributed by atoms with Gasteiger partial charge in [-0.15, -0.1) is 0 Å². The lowest BCUT2D eigenvalue weighted by Crippen LogP contribution is -2.39. The van der Waals surface area contributed by atoms with Crippen molar-refractivity contribution in [3.63, 3.8) is 0 Å². The summed E-state index contributed by atoms with van der Waals surface area (Å²) in [5.41, 5.74) is 0. The van der Waals surface area contributed by atoms with Crippen LogP contribution in [-0.4, -0.2) is 18.9 Å². The Bertz CT molecular complexity index is 90.1. The maximum Gasteiger partial charge on any atom is 0.137 e. The molecule has 0 bridgehead atoms. The summed E-state index contributed by atoms with van der Waals surface area (Å²) in [6.07, 6.45) is 2.45. The Morgan fingerprint density at radius 2 is 1.80 bits per heavy atom. The van der Waals surface area contributed by atoms with Gasteiger partial charge in [-0.2, -0.15) is 0 Å². The van der Waals surface area contributed by atoms with Gasteiger partial charge in [0, 0.05) is 6.54 Å². The number of halogens is 1. The quantitative estimate of drug-likeness (QED) is 0.474. The van der Waals surface area contributed by atoms with E-state index >= 15 is 0 Å². The van der Waals surface area contributed by atoms with E-state index in [4.69, 9.17) is 11.8 Å². The normalized spacial score (nSPS) is 12.6. The molecule has 0 atom stereocenters. The summed E-state index contributed by atoms with van der Waals surface area (Å²) in [4.78, 5) is 0. The van der Waals surface area contributed by atoms with E-state index in [2.05, 4.69) is 26.6 Å². The molecule has 0 fully saturated rings. The zero-order valence-corrected chi connectivity index (χ0v) is 9.20. The third kappa shape index (κ3) is 4.31. The van der Waals surface area contributed by atoms with Crippen molar-refractivity contribution in [1.82, 2.24) is 4.08 Å². The van der Waals surface area contributed by atoms with Crippen molar-refractivity contribution in [1.29, 1.82) is 0 Å². The molecular formula is C7H18ClNSi. The van der Waals surface area contributed by atoms with Gasteiger partial charge >= 0.3 is 0 Å². The summed E-state index contributed by atoms with van der Waals surface area (Å²) in [6.45, 7) is 10.0. The van der Waals surface area contributed by atoms with Crippen LogP contribution in [0.5, 0.6) is 0 Å². The molecular weight excluding hydrogens is 162 g/mol. The van der Waals surface area contributed by atoms with E-state index in [0.29, 0.717) is 0 Å². The van der Waals surface area contributed by atoms with Gasteiger partial charge in [0.15, 0.2) is 0 Å². The van der Waals surface area contributed by atoms with E-state index in [1.54, 1.807) is 0 Å². The summed E-state index contributed by atoms with van der Waals surface area (Å²) < 4.78 is 2.01. The molecule has 0 heterocycles. The van der Waals surface area contributed by atoms with Crippen LogP contribution in [0.1, 0.15) is 19.8 Å². The van der Waals surface area contributed by atoms with Gasteiger partial charge in [-0.05, 0) is 18.2 Å². The van der Waals surface area contributed by atoms with Crippen molar-refractivity contribution >= 4 is 20.0 Å². The predicted octanol–water partition coefficient (Wildman–Crippen LogP) is 3.08. The minimum absolute atomic E-state index is 1.05. The first kappa shape index (κ1) is 10.5. The fourth-order valence-corrected chi connectivity index (χ4v) is 1.58. The largest absolute Gasteiger partial charge is 0.243 e. The zero-order valence-electron chi connectivity index (χ0n) is 7.45. The Hall–Kier alpha value is 0.467.